The Labute approximate surface area is 204 Å². The molecule has 0 radical (unpaired) electrons. The minimum absolute atomic E-state index is 0.0758. The van der Waals surface area contributed by atoms with Crippen LogP contribution >= 0.6 is 11.6 Å². The lowest BCUT2D eigenvalue weighted by Crippen LogP contribution is -2.60. The zero-order valence-corrected chi connectivity index (χ0v) is 20.0. The highest BCUT2D eigenvalue weighted by atomic mass is 35.5. The lowest BCUT2D eigenvalue weighted by atomic mass is 9.96. The van der Waals surface area contributed by atoms with Gasteiger partial charge in [-0.15, -0.1) is 5.10 Å². The van der Waals surface area contributed by atoms with Gasteiger partial charge >= 0.3 is 0 Å². The Kier molecular flexibility index (Phi) is 7.19. The molecule has 2 atom stereocenters. The van der Waals surface area contributed by atoms with E-state index in [-0.39, 0.29) is 11.9 Å². The number of halogens is 1. The fourth-order valence-electron chi connectivity index (χ4n) is 5.17. The summed E-state index contributed by atoms with van der Waals surface area (Å²) < 4.78 is 11.6. The molecule has 1 aromatic heterocycles. The molecule has 10 nitrogen and oxygen atoms in total. The van der Waals surface area contributed by atoms with E-state index in [1.54, 1.807) is 0 Å². The van der Waals surface area contributed by atoms with Crippen LogP contribution in [0.2, 0.25) is 5.02 Å². The van der Waals surface area contributed by atoms with Gasteiger partial charge in [0.2, 0.25) is 11.9 Å². The number of benzene rings is 1. The highest BCUT2D eigenvalue weighted by molar-refractivity contribution is 6.30. The highest BCUT2D eigenvalue weighted by Gasteiger charge is 2.39. The summed E-state index contributed by atoms with van der Waals surface area (Å²) in [6.07, 6.45) is 2.34. The maximum atomic E-state index is 13.2. The second-order valence-electron chi connectivity index (χ2n) is 9.18. The third-order valence-electron chi connectivity index (χ3n) is 7.03. The van der Waals surface area contributed by atoms with Crippen molar-refractivity contribution in [3.63, 3.8) is 0 Å². The van der Waals surface area contributed by atoms with Crippen LogP contribution in [0.3, 0.4) is 0 Å². The first-order valence-corrected chi connectivity index (χ1v) is 12.4. The molecule has 0 spiro atoms. The molecule has 3 aliphatic heterocycles. The van der Waals surface area contributed by atoms with E-state index in [1.165, 1.54) is 5.56 Å². The van der Waals surface area contributed by atoms with Gasteiger partial charge in [0.05, 0.1) is 19.8 Å². The normalized spacial score (nSPS) is 25.0. The number of amides is 1. The van der Waals surface area contributed by atoms with Crippen molar-refractivity contribution in [2.45, 2.75) is 37.5 Å². The zero-order chi connectivity index (χ0) is 23.5. The minimum Gasteiger partial charge on any atom is -0.378 e. The lowest BCUT2D eigenvalue weighted by molar-refractivity contribution is -0.159. The molecule has 0 bridgehead atoms. The molecule has 11 heteroatoms. The molecule has 184 valence electrons. The number of morpholine rings is 2. The molecule has 1 amide bonds. The molecular formula is C23H32ClN7O3. The third-order valence-corrected chi connectivity index (χ3v) is 7.28. The van der Waals surface area contributed by atoms with Crippen LogP contribution in [0.1, 0.15) is 18.4 Å². The van der Waals surface area contributed by atoms with Gasteiger partial charge in [-0.05, 0) is 37.0 Å². The second kappa shape index (κ2) is 10.5. The molecular weight excluding hydrogens is 458 g/mol. The number of nitrogen functional groups attached to an aromatic ring is 1. The van der Waals surface area contributed by atoms with Crippen molar-refractivity contribution < 1.29 is 14.3 Å². The van der Waals surface area contributed by atoms with Gasteiger partial charge < -0.3 is 25.0 Å². The van der Waals surface area contributed by atoms with E-state index in [0.717, 1.165) is 37.4 Å². The first kappa shape index (κ1) is 23.3. The van der Waals surface area contributed by atoms with Gasteiger partial charge in [-0.2, -0.15) is 4.98 Å². The molecule has 3 aliphatic rings. The van der Waals surface area contributed by atoms with E-state index in [0.29, 0.717) is 57.4 Å². The van der Waals surface area contributed by atoms with Crippen LogP contribution in [0, 0.1) is 0 Å². The summed E-state index contributed by atoms with van der Waals surface area (Å²) in [5.41, 5.74) is 6.92. The number of hydrogen-bond donors (Lipinski definition) is 2. The molecule has 2 aromatic rings. The summed E-state index contributed by atoms with van der Waals surface area (Å²) in [4.78, 5) is 24.0. The van der Waals surface area contributed by atoms with Gasteiger partial charge in [-0.3, -0.25) is 9.69 Å². The number of piperidine rings is 1. The number of aromatic amines is 1. The molecule has 1 aromatic carbocycles. The Bertz CT molecular complexity index is 958. The number of nitrogens with zero attached hydrogens (tertiary/aromatic N) is 5. The molecule has 4 heterocycles. The number of H-pyrrole nitrogens is 1. The SMILES string of the molecule is Nc1nc(N2CCC(N3CC(C(=O)N4CCOCC4)OCC3Cc3ccc(Cl)cc3)CC2)n[nH]1. The number of ether oxygens (including phenoxy) is 2. The van der Waals surface area contributed by atoms with E-state index in [9.17, 15) is 4.79 Å². The average Bonchev–Trinajstić information content (AvgIpc) is 3.32. The third kappa shape index (κ3) is 5.30. The van der Waals surface area contributed by atoms with Crippen molar-refractivity contribution in [3.8, 4) is 0 Å². The fraction of sp³-hybridized carbons (Fsp3) is 0.609. The zero-order valence-electron chi connectivity index (χ0n) is 19.2. The summed E-state index contributed by atoms with van der Waals surface area (Å²) in [6.45, 7) is 5.26. The van der Waals surface area contributed by atoms with Crippen molar-refractivity contribution in [2.24, 2.45) is 0 Å². The summed E-state index contributed by atoms with van der Waals surface area (Å²) in [5.74, 6) is 1.06. The molecule has 5 rings (SSSR count). The first-order valence-electron chi connectivity index (χ1n) is 12.0. The maximum absolute atomic E-state index is 13.2. The summed E-state index contributed by atoms with van der Waals surface area (Å²) in [7, 11) is 0. The number of anilines is 2. The van der Waals surface area contributed by atoms with Crippen molar-refractivity contribution in [3.05, 3.63) is 34.9 Å². The Morgan fingerprint density at radius 1 is 1.15 bits per heavy atom. The molecule has 3 fully saturated rings. The monoisotopic (exact) mass is 489 g/mol. The summed E-state index contributed by atoms with van der Waals surface area (Å²) >= 11 is 6.09. The Hall–Kier alpha value is -2.40. The van der Waals surface area contributed by atoms with Crippen LogP contribution in [0.25, 0.3) is 0 Å². The quantitative estimate of drug-likeness (QED) is 0.643. The summed E-state index contributed by atoms with van der Waals surface area (Å²) in [5, 5.41) is 7.65. The number of nitrogens with one attached hydrogen (secondary N) is 1. The molecule has 34 heavy (non-hydrogen) atoms. The van der Waals surface area contributed by atoms with E-state index < -0.39 is 6.10 Å². The fourth-order valence-corrected chi connectivity index (χ4v) is 5.30. The topological polar surface area (TPSA) is 113 Å². The van der Waals surface area contributed by atoms with Crippen LogP contribution in [0.15, 0.2) is 24.3 Å². The van der Waals surface area contributed by atoms with Gasteiger partial charge in [0.1, 0.15) is 6.10 Å². The Morgan fingerprint density at radius 2 is 1.88 bits per heavy atom. The van der Waals surface area contributed by atoms with Crippen molar-refractivity contribution in [1.82, 2.24) is 25.0 Å². The van der Waals surface area contributed by atoms with Crippen molar-refractivity contribution in [2.75, 3.05) is 63.2 Å². The number of hydrogen-bond acceptors (Lipinski definition) is 8. The highest BCUT2D eigenvalue weighted by Crippen LogP contribution is 2.27. The van der Waals surface area contributed by atoms with Gasteiger partial charge in [0, 0.05) is 49.8 Å². The molecule has 0 aliphatic carbocycles. The lowest BCUT2D eigenvalue weighted by Gasteiger charge is -2.47. The minimum atomic E-state index is -0.439. The standard InChI is InChI=1S/C23H32ClN7O3/c24-17-3-1-16(2-4-17)13-19-15-34-20(21(32)29-9-11-33-12-10-29)14-31(19)18-5-7-30(8-6-18)23-26-22(25)27-28-23/h1-4,18-20H,5-15H2,(H3,25,26,27,28). The maximum Gasteiger partial charge on any atom is 0.253 e. The number of carbonyl (C=O) groups excluding carboxylic acids is 1. The number of carbonyl (C=O) groups is 1. The van der Waals surface area contributed by atoms with Gasteiger partial charge in [0.15, 0.2) is 0 Å². The largest absolute Gasteiger partial charge is 0.378 e. The first-order chi connectivity index (χ1) is 16.6. The van der Waals surface area contributed by atoms with Crippen molar-refractivity contribution in [1.29, 1.82) is 0 Å². The van der Waals surface area contributed by atoms with E-state index >= 15 is 0 Å². The predicted octanol–water partition coefficient (Wildman–Crippen LogP) is 1.18. The van der Waals surface area contributed by atoms with E-state index in [1.807, 2.05) is 17.0 Å². The van der Waals surface area contributed by atoms with Crippen LogP contribution in [-0.4, -0.2) is 102 Å². The number of aromatic nitrogens is 3. The molecule has 2 unspecified atom stereocenters. The smallest absolute Gasteiger partial charge is 0.253 e. The molecule has 3 N–H and O–H groups in total. The molecule has 3 saturated heterocycles. The van der Waals surface area contributed by atoms with Crippen molar-refractivity contribution >= 4 is 29.4 Å². The Morgan fingerprint density at radius 3 is 2.56 bits per heavy atom. The van der Waals surface area contributed by atoms with E-state index in [4.69, 9.17) is 26.8 Å². The van der Waals surface area contributed by atoms with Gasteiger partial charge in [0.25, 0.3) is 5.91 Å². The van der Waals surface area contributed by atoms with Crippen LogP contribution in [0.5, 0.6) is 0 Å². The van der Waals surface area contributed by atoms with Crippen LogP contribution in [0.4, 0.5) is 11.9 Å². The Balaban J connectivity index is 1.28. The molecule has 0 saturated carbocycles. The van der Waals surface area contributed by atoms with Crippen LogP contribution in [-0.2, 0) is 20.7 Å². The predicted molar refractivity (Wildman–Crippen MR) is 129 cm³/mol. The number of rotatable bonds is 5. The average molecular weight is 490 g/mol. The van der Waals surface area contributed by atoms with Gasteiger partial charge in [-0.25, -0.2) is 5.10 Å². The van der Waals surface area contributed by atoms with E-state index in [2.05, 4.69) is 37.1 Å². The second-order valence-corrected chi connectivity index (χ2v) is 9.62. The van der Waals surface area contributed by atoms with Gasteiger partial charge in [-0.1, -0.05) is 23.7 Å². The van der Waals surface area contributed by atoms with Crippen LogP contribution < -0.4 is 10.6 Å². The summed E-state index contributed by atoms with van der Waals surface area (Å²) in [6, 6.07) is 8.55. The number of nitrogens with two attached hydrogens (primary N) is 1.